The predicted molar refractivity (Wildman–Crippen MR) is 114 cm³/mol. The molecule has 1 N–H and O–H groups in total. The first-order valence-electron chi connectivity index (χ1n) is 10.5. The molecule has 7 nitrogen and oxygen atoms in total. The third-order valence-corrected chi connectivity index (χ3v) is 5.62. The molecule has 9 heteroatoms. The molecule has 3 aromatic rings. The van der Waals surface area contributed by atoms with Gasteiger partial charge in [-0.15, -0.1) is 10.2 Å². The van der Waals surface area contributed by atoms with Crippen molar-refractivity contribution in [3.05, 3.63) is 76.9 Å². The van der Waals surface area contributed by atoms with Crippen LogP contribution in [0.1, 0.15) is 40.5 Å². The zero-order valence-electron chi connectivity index (χ0n) is 18.0. The number of benzene rings is 2. The van der Waals surface area contributed by atoms with E-state index in [1.54, 1.807) is 31.4 Å². The maximum Gasteiger partial charge on any atom is 0.251 e. The minimum Gasteiger partial charge on any atom is -0.497 e. The van der Waals surface area contributed by atoms with Gasteiger partial charge in [0, 0.05) is 49.8 Å². The zero-order chi connectivity index (χ0) is 22.7. The number of hydrogen-bond acceptors (Lipinski definition) is 5. The molecule has 1 amide bonds. The Hall–Kier alpha value is -3.33. The molecule has 0 bridgehead atoms. The largest absolute Gasteiger partial charge is 0.497 e. The minimum absolute atomic E-state index is 0.226. The molecule has 0 aliphatic carbocycles. The highest BCUT2D eigenvalue weighted by atomic mass is 19.1. The molecule has 2 heterocycles. The van der Waals surface area contributed by atoms with Crippen molar-refractivity contribution in [1.29, 1.82) is 0 Å². The molecule has 0 unspecified atom stereocenters. The van der Waals surface area contributed by atoms with Gasteiger partial charge in [-0.1, -0.05) is 12.1 Å². The maximum absolute atomic E-state index is 14.0. The smallest absolute Gasteiger partial charge is 0.251 e. The van der Waals surface area contributed by atoms with Crippen molar-refractivity contribution < 1.29 is 18.3 Å². The van der Waals surface area contributed by atoms with Crippen LogP contribution in [-0.2, 0) is 19.5 Å². The van der Waals surface area contributed by atoms with Crippen LogP contribution in [0.2, 0.25) is 0 Å². The second-order valence-electron chi connectivity index (χ2n) is 7.82. The van der Waals surface area contributed by atoms with Gasteiger partial charge in [0.05, 0.1) is 13.2 Å². The molecule has 32 heavy (non-hydrogen) atoms. The number of methoxy groups -OCH3 is 1. The Balaban J connectivity index is 1.42. The summed E-state index contributed by atoms with van der Waals surface area (Å²) in [6, 6.07) is 10.3. The lowest BCUT2D eigenvalue weighted by Crippen LogP contribution is -2.30. The van der Waals surface area contributed by atoms with E-state index in [-0.39, 0.29) is 11.9 Å². The number of aromatic nitrogens is 3. The van der Waals surface area contributed by atoms with Crippen LogP contribution in [0.5, 0.6) is 5.75 Å². The summed E-state index contributed by atoms with van der Waals surface area (Å²) in [7, 11) is 1.55. The van der Waals surface area contributed by atoms with Crippen molar-refractivity contribution in [1.82, 2.24) is 25.0 Å². The third kappa shape index (κ3) is 4.77. The number of fused-ring (bicyclic) bond motifs is 1. The highest BCUT2D eigenvalue weighted by Gasteiger charge is 2.23. The first kappa shape index (κ1) is 21.9. The Morgan fingerprint density at radius 2 is 2.00 bits per heavy atom. The minimum atomic E-state index is -0.581. The topological polar surface area (TPSA) is 72.3 Å². The van der Waals surface area contributed by atoms with Gasteiger partial charge in [0.1, 0.15) is 23.2 Å². The molecular formula is C23H25F2N5O2. The Bertz CT molecular complexity index is 1120. The molecule has 168 valence electrons. The molecule has 2 aromatic carbocycles. The van der Waals surface area contributed by atoms with Crippen LogP contribution in [0.3, 0.4) is 0 Å². The first-order chi connectivity index (χ1) is 15.4. The predicted octanol–water partition coefficient (Wildman–Crippen LogP) is 3.11. The van der Waals surface area contributed by atoms with Crippen molar-refractivity contribution in [2.75, 3.05) is 20.2 Å². The SMILES string of the molecule is COc1cccc(C(=O)N[C@H](C)c2nnc3n2CCN(Cc2ccc(F)cc2F)CC3)c1. The van der Waals surface area contributed by atoms with Crippen molar-refractivity contribution in [3.8, 4) is 5.75 Å². The highest BCUT2D eigenvalue weighted by Crippen LogP contribution is 2.19. The molecule has 1 aliphatic heterocycles. The van der Waals surface area contributed by atoms with Gasteiger partial charge in [-0.25, -0.2) is 8.78 Å². The van der Waals surface area contributed by atoms with E-state index < -0.39 is 11.6 Å². The molecule has 0 saturated heterocycles. The van der Waals surface area contributed by atoms with Gasteiger partial charge < -0.3 is 14.6 Å². The quantitative estimate of drug-likeness (QED) is 0.637. The molecule has 1 aliphatic rings. The van der Waals surface area contributed by atoms with E-state index >= 15 is 0 Å². The molecule has 4 rings (SSSR count). The van der Waals surface area contributed by atoms with E-state index in [2.05, 4.69) is 20.4 Å². The van der Waals surface area contributed by atoms with Gasteiger partial charge in [0.2, 0.25) is 0 Å². The molecule has 1 atom stereocenters. The van der Waals surface area contributed by atoms with Gasteiger partial charge in [-0.2, -0.15) is 0 Å². The van der Waals surface area contributed by atoms with E-state index in [1.807, 2.05) is 11.5 Å². The maximum atomic E-state index is 14.0. The van der Waals surface area contributed by atoms with E-state index in [4.69, 9.17) is 4.74 Å². The zero-order valence-corrected chi connectivity index (χ0v) is 18.0. The summed E-state index contributed by atoms with van der Waals surface area (Å²) in [5.41, 5.74) is 0.961. The number of hydrogen-bond donors (Lipinski definition) is 1. The molecule has 0 fully saturated rings. The van der Waals surface area contributed by atoms with Gasteiger partial charge in [0.15, 0.2) is 5.82 Å². The summed E-state index contributed by atoms with van der Waals surface area (Å²) >= 11 is 0. The number of ether oxygens (including phenoxy) is 1. The Labute approximate surface area is 185 Å². The van der Waals surface area contributed by atoms with E-state index in [0.717, 1.165) is 11.9 Å². The fraction of sp³-hybridized carbons (Fsp3) is 0.348. The number of halogens is 2. The van der Waals surface area contributed by atoms with Crippen molar-refractivity contribution in [2.24, 2.45) is 0 Å². The highest BCUT2D eigenvalue weighted by molar-refractivity contribution is 5.94. The first-order valence-corrected chi connectivity index (χ1v) is 10.5. The molecule has 0 spiro atoms. The van der Waals surface area contributed by atoms with Crippen LogP contribution in [0, 0.1) is 11.6 Å². The molecule has 0 radical (unpaired) electrons. The lowest BCUT2D eigenvalue weighted by molar-refractivity contribution is 0.0937. The van der Waals surface area contributed by atoms with E-state index in [9.17, 15) is 13.6 Å². The summed E-state index contributed by atoms with van der Waals surface area (Å²) in [5, 5.41) is 11.6. The Morgan fingerprint density at radius 1 is 1.16 bits per heavy atom. The normalized spacial score (nSPS) is 15.0. The summed E-state index contributed by atoms with van der Waals surface area (Å²) in [5.74, 6) is 0.761. The van der Waals surface area contributed by atoms with E-state index in [0.29, 0.717) is 55.3 Å². The van der Waals surface area contributed by atoms with Crippen LogP contribution in [0.15, 0.2) is 42.5 Å². The van der Waals surface area contributed by atoms with Crippen molar-refractivity contribution in [3.63, 3.8) is 0 Å². The lowest BCUT2D eigenvalue weighted by Gasteiger charge is -2.20. The lowest BCUT2D eigenvalue weighted by atomic mass is 10.2. The summed E-state index contributed by atoms with van der Waals surface area (Å²) in [6.07, 6.45) is 0.645. The number of nitrogens with zero attached hydrogens (tertiary/aromatic N) is 4. The van der Waals surface area contributed by atoms with Gasteiger partial charge in [-0.05, 0) is 31.2 Å². The van der Waals surface area contributed by atoms with E-state index in [1.165, 1.54) is 12.1 Å². The second kappa shape index (κ2) is 9.44. The van der Waals surface area contributed by atoms with Crippen molar-refractivity contribution >= 4 is 5.91 Å². The third-order valence-electron chi connectivity index (χ3n) is 5.62. The fourth-order valence-corrected chi connectivity index (χ4v) is 3.87. The van der Waals surface area contributed by atoms with Crippen molar-refractivity contribution in [2.45, 2.75) is 32.5 Å². The summed E-state index contributed by atoms with van der Waals surface area (Å²) in [4.78, 5) is 14.8. The summed E-state index contributed by atoms with van der Waals surface area (Å²) < 4.78 is 34.4. The monoisotopic (exact) mass is 441 g/mol. The number of carbonyl (C=O) groups is 1. The molecule has 0 saturated carbocycles. The number of rotatable bonds is 6. The van der Waals surface area contributed by atoms with Gasteiger partial charge in [-0.3, -0.25) is 9.69 Å². The van der Waals surface area contributed by atoms with Crippen LogP contribution >= 0.6 is 0 Å². The Kier molecular flexibility index (Phi) is 6.45. The van der Waals surface area contributed by atoms with Crippen LogP contribution < -0.4 is 10.1 Å². The average molecular weight is 441 g/mol. The number of nitrogens with one attached hydrogen (secondary N) is 1. The Morgan fingerprint density at radius 3 is 2.78 bits per heavy atom. The fourth-order valence-electron chi connectivity index (χ4n) is 3.87. The van der Waals surface area contributed by atoms with Gasteiger partial charge in [0.25, 0.3) is 5.91 Å². The van der Waals surface area contributed by atoms with Gasteiger partial charge >= 0.3 is 0 Å². The van der Waals surface area contributed by atoms with Crippen LogP contribution in [0.4, 0.5) is 8.78 Å². The van der Waals surface area contributed by atoms with Crippen LogP contribution in [-0.4, -0.2) is 45.8 Å². The molecule has 1 aromatic heterocycles. The summed E-state index contributed by atoms with van der Waals surface area (Å²) in [6.45, 7) is 4.21. The number of carbonyl (C=O) groups excluding carboxylic acids is 1. The second-order valence-corrected chi connectivity index (χ2v) is 7.82. The van der Waals surface area contributed by atoms with Crippen LogP contribution in [0.25, 0.3) is 0 Å². The standard InChI is InChI=1S/C23H25F2N5O2/c1-15(26-23(31)16-4-3-5-19(12-16)32-2)22-28-27-21-8-9-29(10-11-30(21)22)14-17-6-7-18(24)13-20(17)25/h3-7,12-13,15H,8-11,14H2,1-2H3,(H,26,31)/t15-/m1/s1. The average Bonchev–Trinajstić information content (AvgIpc) is 3.09. The number of amides is 1. The molecular weight excluding hydrogens is 416 g/mol.